The Balaban J connectivity index is 2.29. The molecule has 3 rings (SSSR count). The van der Waals surface area contributed by atoms with E-state index in [2.05, 4.69) is 40.9 Å². The van der Waals surface area contributed by atoms with E-state index in [1.54, 1.807) is 17.4 Å². The number of anilines is 1. The Morgan fingerprint density at radius 3 is 2.76 bits per heavy atom. The molecule has 0 bridgehead atoms. The van der Waals surface area contributed by atoms with Crippen LogP contribution in [0.5, 0.6) is 0 Å². The van der Waals surface area contributed by atoms with Crippen LogP contribution in [0.15, 0.2) is 43.0 Å². The molecule has 0 aliphatic carbocycles. The minimum Gasteiger partial charge on any atom is -0.366 e. The third-order valence-electron chi connectivity index (χ3n) is 3.18. The van der Waals surface area contributed by atoms with Crippen LogP contribution in [0, 0.1) is 6.92 Å². The highest BCUT2D eigenvalue weighted by Crippen LogP contribution is 2.40. The summed E-state index contributed by atoms with van der Waals surface area (Å²) in [4.78, 5) is 10.8. The molecular formula is C16H14ClN3S. The first kappa shape index (κ1) is 14.0. The second-order valence-electron chi connectivity index (χ2n) is 4.59. The predicted octanol–water partition coefficient (Wildman–Crippen LogP) is 4.92. The first-order valence-electron chi connectivity index (χ1n) is 6.57. The lowest BCUT2D eigenvalue weighted by Crippen LogP contribution is -2.02. The van der Waals surface area contributed by atoms with Crippen molar-refractivity contribution in [1.29, 1.82) is 0 Å². The molecule has 0 amide bonds. The maximum Gasteiger partial charge on any atom is 0.225 e. The number of benzene rings is 1. The molecule has 0 atom stereocenters. The van der Waals surface area contributed by atoms with Gasteiger partial charge in [0.05, 0.1) is 5.39 Å². The van der Waals surface area contributed by atoms with E-state index in [1.807, 2.05) is 18.2 Å². The van der Waals surface area contributed by atoms with Crippen molar-refractivity contribution in [2.24, 2.45) is 0 Å². The molecule has 0 radical (unpaired) electrons. The van der Waals surface area contributed by atoms with Gasteiger partial charge in [-0.3, -0.25) is 0 Å². The number of halogens is 1. The molecule has 3 aromatic rings. The number of hydrogen-bond acceptors (Lipinski definition) is 4. The first-order chi connectivity index (χ1) is 10.2. The molecule has 0 saturated heterocycles. The van der Waals surface area contributed by atoms with Crippen LogP contribution in [0.3, 0.4) is 0 Å². The molecule has 1 N–H and O–H groups in total. The first-order valence-corrected chi connectivity index (χ1v) is 7.77. The van der Waals surface area contributed by atoms with Gasteiger partial charge in [0.1, 0.15) is 10.6 Å². The molecule has 2 heterocycles. The molecule has 21 heavy (non-hydrogen) atoms. The number of aryl methyl sites for hydroxylation is 1. The van der Waals surface area contributed by atoms with Gasteiger partial charge in [-0.1, -0.05) is 36.4 Å². The van der Waals surface area contributed by atoms with E-state index in [0.717, 1.165) is 21.6 Å². The number of aromatic nitrogens is 2. The van der Waals surface area contributed by atoms with Crippen molar-refractivity contribution in [3.05, 3.63) is 53.1 Å². The third kappa shape index (κ3) is 2.64. The zero-order valence-electron chi connectivity index (χ0n) is 11.6. The summed E-state index contributed by atoms with van der Waals surface area (Å²) in [6.45, 7) is 6.46. The van der Waals surface area contributed by atoms with Gasteiger partial charge in [-0.05, 0) is 24.1 Å². The Morgan fingerprint density at radius 1 is 1.29 bits per heavy atom. The summed E-state index contributed by atoms with van der Waals surface area (Å²) >= 11 is 7.66. The standard InChI is InChI=1S/C16H14ClN3S/c1-3-9-18-14-13-12(11-7-5-4-6-8-11)10(2)21-15(13)20-16(17)19-14/h3-8H,1,9H2,2H3,(H,18,19,20). The molecule has 1 aromatic carbocycles. The molecular weight excluding hydrogens is 302 g/mol. The SMILES string of the molecule is C=CCNc1nc(Cl)nc2sc(C)c(-c3ccccc3)c12. The summed E-state index contributed by atoms with van der Waals surface area (Å²) in [6.07, 6.45) is 1.79. The van der Waals surface area contributed by atoms with Gasteiger partial charge in [0, 0.05) is 17.0 Å². The largest absolute Gasteiger partial charge is 0.366 e. The van der Waals surface area contributed by atoms with E-state index in [0.29, 0.717) is 6.54 Å². The van der Waals surface area contributed by atoms with Gasteiger partial charge in [-0.25, -0.2) is 9.97 Å². The summed E-state index contributed by atoms with van der Waals surface area (Å²) in [5.74, 6) is 0.758. The fourth-order valence-corrected chi connectivity index (χ4v) is 3.60. The zero-order valence-corrected chi connectivity index (χ0v) is 13.1. The second kappa shape index (κ2) is 5.84. The molecule has 0 aliphatic heterocycles. The summed E-state index contributed by atoms with van der Waals surface area (Å²) in [5, 5.41) is 4.54. The Hall–Kier alpha value is -1.91. The molecule has 5 heteroatoms. The molecule has 0 saturated carbocycles. The topological polar surface area (TPSA) is 37.8 Å². The third-order valence-corrected chi connectivity index (χ3v) is 4.34. The highest BCUT2D eigenvalue weighted by Gasteiger charge is 2.17. The van der Waals surface area contributed by atoms with E-state index >= 15 is 0 Å². The summed E-state index contributed by atoms with van der Waals surface area (Å²) in [6, 6.07) is 10.3. The van der Waals surface area contributed by atoms with Crippen molar-refractivity contribution in [3.63, 3.8) is 0 Å². The summed E-state index contributed by atoms with van der Waals surface area (Å²) in [7, 11) is 0. The lowest BCUT2D eigenvalue weighted by molar-refractivity contribution is 1.19. The minimum absolute atomic E-state index is 0.259. The number of nitrogens with zero attached hydrogens (tertiary/aromatic N) is 2. The smallest absolute Gasteiger partial charge is 0.225 e. The van der Waals surface area contributed by atoms with Crippen molar-refractivity contribution in [2.45, 2.75) is 6.92 Å². The fourth-order valence-electron chi connectivity index (χ4n) is 2.33. The highest BCUT2D eigenvalue weighted by atomic mass is 35.5. The molecule has 0 fully saturated rings. The van der Waals surface area contributed by atoms with Crippen LogP contribution in [0.1, 0.15) is 4.88 Å². The van der Waals surface area contributed by atoms with Crippen molar-refractivity contribution < 1.29 is 0 Å². The number of rotatable bonds is 4. The van der Waals surface area contributed by atoms with E-state index in [1.165, 1.54) is 10.4 Å². The van der Waals surface area contributed by atoms with Crippen molar-refractivity contribution in [3.8, 4) is 11.1 Å². The average Bonchev–Trinajstić information content (AvgIpc) is 2.81. The van der Waals surface area contributed by atoms with Gasteiger partial charge in [0.25, 0.3) is 0 Å². The molecule has 0 aliphatic rings. The van der Waals surface area contributed by atoms with Crippen LogP contribution in [0.25, 0.3) is 21.3 Å². The Bertz CT molecular complexity index is 796. The Morgan fingerprint density at radius 2 is 2.05 bits per heavy atom. The van der Waals surface area contributed by atoms with E-state index < -0.39 is 0 Å². The van der Waals surface area contributed by atoms with Crippen LogP contribution >= 0.6 is 22.9 Å². The van der Waals surface area contributed by atoms with Crippen molar-refractivity contribution >= 4 is 39.0 Å². The summed E-state index contributed by atoms with van der Waals surface area (Å²) < 4.78 is 0. The van der Waals surface area contributed by atoms with E-state index in [9.17, 15) is 0 Å². The fraction of sp³-hybridized carbons (Fsp3) is 0.125. The monoisotopic (exact) mass is 315 g/mol. The van der Waals surface area contributed by atoms with Crippen LogP contribution in [0.2, 0.25) is 5.28 Å². The van der Waals surface area contributed by atoms with E-state index in [4.69, 9.17) is 11.6 Å². The Kier molecular flexibility index (Phi) is 3.90. The number of nitrogens with one attached hydrogen (secondary N) is 1. The second-order valence-corrected chi connectivity index (χ2v) is 6.13. The maximum absolute atomic E-state index is 6.03. The average molecular weight is 316 g/mol. The molecule has 0 spiro atoms. The predicted molar refractivity (Wildman–Crippen MR) is 91.3 cm³/mol. The zero-order chi connectivity index (χ0) is 14.8. The number of hydrogen-bond donors (Lipinski definition) is 1. The molecule has 2 aromatic heterocycles. The van der Waals surface area contributed by atoms with Crippen LogP contribution in [0.4, 0.5) is 5.82 Å². The van der Waals surface area contributed by atoms with Gasteiger partial charge in [0.15, 0.2) is 0 Å². The van der Waals surface area contributed by atoms with Crippen molar-refractivity contribution in [1.82, 2.24) is 9.97 Å². The van der Waals surface area contributed by atoms with Gasteiger partial charge >= 0.3 is 0 Å². The van der Waals surface area contributed by atoms with Crippen LogP contribution in [-0.4, -0.2) is 16.5 Å². The Labute approximate surface area is 132 Å². The summed E-state index contributed by atoms with van der Waals surface area (Å²) in [5.41, 5.74) is 2.33. The van der Waals surface area contributed by atoms with Gasteiger partial charge in [0.2, 0.25) is 5.28 Å². The molecule has 3 nitrogen and oxygen atoms in total. The quantitative estimate of drug-likeness (QED) is 0.548. The normalized spacial score (nSPS) is 10.8. The lowest BCUT2D eigenvalue weighted by Gasteiger charge is -2.08. The van der Waals surface area contributed by atoms with Crippen LogP contribution < -0.4 is 5.32 Å². The van der Waals surface area contributed by atoms with E-state index in [-0.39, 0.29) is 5.28 Å². The highest BCUT2D eigenvalue weighted by molar-refractivity contribution is 7.19. The number of fused-ring (bicyclic) bond motifs is 1. The van der Waals surface area contributed by atoms with Crippen LogP contribution in [-0.2, 0) is 0 Å². The minimum atomic E-state index is 0.259. The maximum atomic E-state index is 6.03. The number of thiophene rings is 1. The molecule has 0 unspecified atom stereocenters. The van der Waals surface area contributed by atoms with Gasteiger partial charge < -0.3 is 5.32 Å². The van der Waals surface area contributed by atoms with Crippen molar-refractivity contribution in [2.75, 3.05) is 11.9 Å². The van der Waals surface area contributed by atoms with Gasteiger partial charge in [-0.2, -0.15) is 0 Å². The molecule has 106 valence electrons. The lowest BCUT2D eigenvalue weighted by atomic mass is 10.0. The van der Waals surface area contributed by atoms with Gasteiger partial charge in [-0.15, -0.1) is 17.9 Å².